The third-order valence-electron chi connectivity index (χ3n) is 2.08. The van der Waals surface area contributed by atoms with Crippen LogP contribution in [0.5, 0.6) is 0 Å². The molecule has 0 aromatic heterocycles. The standard InChI is InChI=1S/C11H15BrN2O4S/c1-2-18-11(15)14-19(16,17)13-10-5-3-9(4-6-10)7-8-12/h3-6,13H,2,7-8H2,1H3,(H,14,15). The number of hydrogen-bond acceptors (Lipinski definition) is 4. The van der Waals surface area contributed by atoms with Crippen molar-refractivity contribution in [2.45, 2.75) is 13.3 Å². The molecule has 0 fully saturated rings. The Morgan fingerprint density at radius 2 is 1.95 bits per heavy atom. The van der Waals surface area contributed by atoms with Crippen LogP contribution in [0.15, 0.2) is 24.3 Å². The highest BCUT2D eigenvalue weighted by atomic mass is 79.9. The molecule has 0 saturated heterocycles. The number of aryl methyl sites for hydroxylation is 1. The van der Waals surface area contributed by atoms with Crippen LogP contribution >= 0.6 is 15.9 Å². The topological polar surface area (TPSA) is 84.5 Å². The lowest BCUT2D eigenvalue weighted by atomic mass is 10.2. The summed E-state index contributed by atoms with van der Waals surface area (Å²) in [6, 6.07) is 6.87. The lowest BCUT2D eigenvalue weighted by Crippen LogP contribution is -2.35. The van der Waals surface area contributed by atoms with Crippen LogP contribution in [0.1, 0.15) is 12.5 Å². The highest BCUT2D eigenvalue weighted by molar-refractivity contribution is 9.09. The molecule has 0 bridgehead atoms. The first-order valence-corrected chi connectivity index (χ1v) is 8.19. The van der Waals surface area contributed by atoms with Crippen molar-refractivity contribution >= 4 is 37.9 Å². The first kappa shape index (κ1) is 15.8. The third kappa shape index (κ3) is 5.93. The second kappa shape index (κ2) is 7.34. The molecule has 6 nitrogen and oxygen atoms in total. The molecule has 0 unspecified atom stereocenters. The predicted molar refractivity (Wildman–Crippen MR) is 76.6 cm³/mol. The maximum absolute atomic E-state index is 11.6. The average Bonchev–Trinajstić information content (AvgIpc) is 2.31. The van der Waals surface area contributed by atoms with Gasteiger partial charge in [0, 0.05) is 5.33 Å². The number of alkyl halides is 1. The Bertz CT molecular complexity index is 516. The van der Waals surface area contributed by atoms with E-state index in [2.05, 4.69) is 25.4 Å². The smallest absolute Gasteiger partial charge is 0.422 e. The number of carbonyl (C=O) groups excluding carboxylic acids is 1. The lowest BCUT2D eigenvalue weighted by molar-refractivity contribution is 0.159. The summed E-state index contributed by atoms with van der Waals surface area (Å²) in [6.45, 7) is 1.69. The van der Waals surface area contributed by atoms with Crippen molar-refractivity contribution in [2.75, 3.05) is 16.7 Å². The van der Waals surface area contributed by atoms with Crippen LogP contribution in [-0.4, -0.2) is 26.4 Å². The maximum Gasteiger partial charge on any atom is 0.422 e. The third-order valence-corrected chi connectivity index (χ3v) is 3.42. The van der Waals surface area contributed by atoms with Crippen molar-refractivity contribution in [3.8, 4) is 0 Å². The molecule has 0 saturated carbocycles. The minimum atomic E-state index is -3.96. The summed E-state index contributed by atoms with van der Waals surface area (Å²) in [5.41, 5.74) is 1.45. The molecule has 0 aliphatic rings. The predicted octanol–water partition coefficient (Wildman–Crippen LogP) is 2.03. The number of hydrogen-bond donors (Lipinski definition) is 2. The minimum absolute atomic E-state index is 0.0998. The van der Waals surface area contributed by atoms with Gasteiger partial charge in [0.15, 0.2) is 0 Å². The first-order chi connectivity index (χ1) is 8.96. The van der Waals surface area contributed by atoms with Crippen molar-refractivity contribution in [3.05, 3.63) is 29.8 Å². The van der Waals surface area contributed by atoms with Crippen LogP contribution in [-0.2, 0) is 21.4 Å². The van der Waals surface area contributed by atoms with E-state index in [9.17, 15) is 13.2 Å². The Labute approximate surface area is 120 Å². The van der Waals surface area contributed by atoms with Crippen LogP contribution in [0, 0.1) is 0 Å². The second-order valence-corrected chi connectivity index (χ2v) is 5.77. The van der Waals surface area contributed by atoms with Crippen LogP contribution in [0.4, 0.5) is 10.5 Å². The maximum atomic E-state index is 11.6. The van der Waals surface area contributed by atoms with Crippen LogP contribution in [0.25, 0.3) is 0 Å². The Morgan fingerprint density at radius 3 is 2.47 bits per heavy atom. The van der Waals surface area contributed by atoms with E-state index in [-0.39, 0.29) is 6.61 Å². The monoisotopic (exact) mass is 350 g/mol. The molecule has 0 heterocycles. The van der Waals surface area contributed by atoms with Gasteiger partial charge >= 0.3 is 16.3 Å². The largest absolute Gasteiger partial charge is 0.449 e. The zero-order chi connectivity index (χ0) is 14.3. The van der Waals surface area contributed by atoms with Gasteiger partial charge in [-0.2, -0.15) is 8.42 Å². The van der Waals surface area contributed by atoms with E-state index in [1.165, 1.54) is 0 Å². The molecular formula is C11H15BrN2O4S. The van der Waals surface area contributed by atoms with Crippen molar-refractivity contribution < 1.29 is 17.9 Å². The quantitative estimate of drug-likeness (QED) is 0.768. The number of ether oxygens (including phenoxy) is 1. The van der Waals surface area contributed by atoms with Crippen molar-refractivity contribution in [3.63, 3.8) is 0 Å². The van der Waals surface area contributed by atoms with Gasteiger partial charge in [0.1, 0.15) is 0 Å². The summed E-state index contributed by atoms with van der Waals surface area (Å²) >= 11 is 3.32. The van der Waals surface area contributed by atoms with E-state index in [4.69, 9.17) is 0 Å². The van der Waals surface area contributed by atoms with E-state index in [1.807, 2.05) is 12.1 Å². The van der Waals surface area contributed by atoms with Crippen molar-refractivity contribution in [1.29, 1.82) is 0 Å². The number of halogens is 1. The molecular weight excluding hydrogens is 336 g/mol. The summed E-state index contributed by atoms with van der Waals surface area (Å²) < 4.78 is 31.6. The molecule has 0 aliphatic carbocycles. The number of amides is 1. The normalized spacial score (nSPS) is 10.8. The first-order valence-electron chi connectivity index (χ1n) is 5.59. The van der Waals surface area contributed by atoms with E-state index >= 15 is 0 Å². The highest BCUT2D eigenvalue weighted by Gasteiger charge is 2.14. The zero-order valence-corrected chi connectivity index (χ0v) is 12.8. The molecule has 8 heteroatoms. The van der Waals surface area contributed by atoms with E-state index in [1.54, 1.807) is 23.8 Å². The SMILES string of the molecule is CCOC(=O)NS(=O)(=O)Nc1ccc(CCBr)cc1. The van der Waals surface area contributed by atoms with Crippen molar-refractivity contribution in [2.24, 2.45) is 0 Å². The molecule has 0 aliphatic heterocycles. The molecule has 0 spiro atoms. The fourth-order valence-electron chi connectivity index (χ4n) is 1.30. The van der Waals surface area contributed by atoms with Crippen LogP contribution < -0.4 is 9.44 Å². The number of benzene rings is 1. The lowest BCUT2D eigenvalue weighted by Gasteiger charge is -2.09. The summed E-state index contributed by atoms with van der Waals surface area (Å²) in [6.07, 6.45) is -0.153. The van der Waals surface area contributed by atoms with Crippen LogP contribution in [0.2, 0.25) is 0 Å². The molecule has 106 valence electrons. The van der Waals surface area contributed by atoms with Gasteiger partial charge in [-0.05, 0) is 31.0 Å². The minimum Gasteiger partial charge on any atom is -0.449 e. The van der Waals surface area contributed by atoms with Gasteiger partial charge in [0.05, 0.1) is 12.3 Å². The number of rotatable bonds is 6. The van der Waals surface area contributed by atoms with Crippen molar-refractivity contribution in [1.82, 2.24) is 4.72 Å². The summed E-state index contributed by atoms with van der Waals surface area (Å²) in [4.78, 5) is 11.0. The van der Waals surface area contributed by atoms with E-state index < -0.39 is 16.3 Å². The Morgan fingerprint density at radius 1 is 1.32 bits per heavy atom. The van der Waals surface area contributed by atoms with Gasteiger partial charge in [-0.15, -0.1) is 0 Å². The Balaban J connectivity index is 2.64. The summed E-state index contributed by atoms with van der Waals surface area (Å²) in [5.74, 6) is 0. The Hall–Kier alpha value is -1.28. The average molecular weight is 351 g/mol. The molecule has 1 aromatic rings. The highest BCUT2D eigenvalue weighted by Crippen LogP contribution is 2.11. The molecule has 1 rings (SSSR count). The summed E-state index contributed by atoms with van der Waals surface area (Å²) in [7, 11) is -3.96. The summed E-state index contributed by atoms with van der Waals surface area (Å²) in [5, 5.41) is 0.836. The zero-order valence-electron chi connectivity index (χ0n) is 10.3. The van der Waals surface area contributed by atoms with Crippen LogP contribution in [0.3, 0.4) is 0 Å². The van der Waals surface area contributed by atoms with Gasteiger partial charge in [0.2, 0.25) is 0 Å². The number of nitrogens with one attached hydrogen (secondary N) is 2. The van der Waals surface area contributed by atoms with Gasteiger partial charge in [0.25, 0.3) is 0 Å². The van der Waals surface area contributed by atoms with Gasteiger partial charge in [-0.1, -0.05) is 28.1 Å². The fourth-order valence-corrected chi connectivity index (χ4v) is 2.53. The Kier molecular flexibility index (Phi) is 6.10. The number of carbonyl (C=O) groups is 1. The molecule has 19 heavy (non-hydrogen) atoms. The van der Waals surface area contributed by atoms with Gasteiger partial charge in [-0.3, -0.25) is 4.72 Å². The molecule has 0 atom stereocenters. The van der Waals surface area contributed by atoms with Gasteiger partial charge < -0.3 is 4.74 Å². The fraction of sp³-hybridized carbons (Fsp3) is 0.364. The number of anilines is 1. The molecule has 1 aromatic carbocycles. The molecule has 2 N–H and O–H groups in total. The van der Waals surface area contributed by atoms with E-state index in [0.717, 1.165) is 17.3 Å². The van der Waals surface area contributed by atoms with E-state index in [0.29, 0.717) is 5.69 Å². The second-order valence-electron chi connectivity index (χ2n) is 3.56. The molecule has 0 radical (unpaired) electrons. The molecule has 1 amide bonds. The van der Waals surface area contributed by atoms with Gasteiger partial charge in [-0.25, -0.2) is 9.52 Å².